The highest BCUT2D eigenvalue weighted by atomic mass is 16.5. The summed E-state index contributed by atoms with van der Waals surface area (Å²) in [5, 5.41) is 21.3. The van der Waals surface area contributed by atoms with Crippen LogP contribution in [0, 0.1) is 0 Å². The third-order valence-corrected chi connectivity index (χ3v) is 4.76. The number of carbonyl (C=O) groups excluding carboxylic acids is 2. The average molecular weight is 391 g/mol. The lowest BCUT2D eigenvalue weighted by Gasteiger charge is -2.24. The molecule has 1 atom stereocenters. The number of nitrogens with zero attached hydrogens (tertiary/aromatic N) is 1. The van der Waals surface area contributed by atoms with Crippen LogP contribution in [0.3, 0.4) is 0 Å². The maximum Gasteiger partial charge on any atom is 0.300 e. The van der Waals surface area contributed by atoms with E-state index in [0.717, 1.165) is 4.90 Å². The van der Waals surface area contributed by atoms with E-state index >= 15 is 0 Å². The van der Waals surface area contributed by atoms with Crippen molar-refractivity contribution in [3.8, 4) is 11.5 Å². The van der Waals surface area contributed by atoms with Gasteiger partial charge >= 0.3 is 0 Å². The largest absolute Gasteiger partial charge is 0.507 e. The molecule has 1 aliphatic heterocycles. The molecule has 1 aliphatic rings. The van der Waals surface area contributed by atoms with E-state index in [1.165, 1.54) is 25.5 Å². The molecule has 2 N–H and O–H groups in total. The second-order valence-electron chi connectivity index (χ2n) is 6.37. The van der Waals surface area contributed by atoms with Gasteiger partial charge in [0.15, 0.2) is 0 Å². The number of ketones is 1. The molecular weight excluding hydrogens is 374 g/mol. The van der Waals surface area contributed by atoms with Crippen molar-refractivity contribution in [2.45, 2.75) is 6.04 Å². The molecule has 1 fully saturated rings. The Balaban J connectivity index is 1.97. The van der Waals surface area contributed by atoms with Crippen LogP contribution >= 0.6 is 0 Å². The summed E-state index contributed by atoms with van der Waals surface area (Å²) in [7, 11) is 1.44. The zero-order valence-corrected chi connectivity index (χ0v) is 15.4. The molecule has 1 amide bonds. The van der Waals surface area contributed by atoms with Crippen LogP contribution in [0.4, 0.5) is 5.69 Å². The molecule has 0 radical (unpaired) electrons. The first-order valence-corrected chi connectivity index (χ1v) is 8.80. The van der Waals surface area contributed by atoms with E-state index in [0.29, 0.717) is 5.75 Å². The van der Waals surface area contributed by atoms with Crippen molar-refractivity contribution in [2.75, 3.05) is 12.0 Å². The maximum absolute atomic E-state index is 12.9. The zero-order valence-electron chi connectivity index (χ0n) is 15.4. The second-order valence-corrected chi connectivity index (χ2v) is 6.37. The highest BCUT2D eigenvalue weighted by Gasteiger charge is 2.49. The number of hydrogen-bond acceptors (Lipinski definition) is 6. The molecule has 2 aromatic carbocycles. The van der Waals surface area contributed by atoms with E-state index in [4.69, 9.17) is 9.15 Å². The van der Waals surface area contributed by atoms with Crippen molar-refractivity contribution in [3.63, 3.8) is 0 Å². The van der Waals surface area contributed by atoms with Crippen LogP contribution in [-0.4, -0.2) is 29.0 Å². The van der Waals surface area contributed by atoms with Crippen LogP contribution in [0.5, 0.6) is 11.5 Å². The highest BCUT2D eigenvalue weighted by molar-refractivity contribution is 6.51. The fraction of sp³-hybridized carbons (Fsp3) is 0.0909. The van der Waals surface area contributed by atoms with Gasteiger partial charge in [-0.2, -0.15) is 0 Å². The Kier molecular flexibility index (Phi) is 4.56. The van der Waals surface area contributed by atoms with Crippen molar-refractivity contribution in [2.24, 2.45) is 0 Å². The zero-order chi connectivity index (χ0) is 20.5. The molecule has 0 aliphatic carbocycles. The predicted molar refractivity (Wildman–Crippen MR) is 105 cm³/mol. The number of aliphatic hydroxyl groups is 1. The molecule has 7 heteroatoms. The van der Waals surface area contributed by atoms with Crippen LogP contribution < -0.4 is 9.64 Å². The number of anilines is 1. The monoisotopic (exact) mass is 391 g/mol. The van der Waals surface area contributed by atoms with Crippen molar-refractivity contribution in [1.29, 1.82) is 0 Å². The number of para-hydroxylation sites is 3. The van der Waals surface area contributed by atoms with Crippen LogP contribution in [0.2, 0.25) is 0 Å². The van der Waals surface area contributed by atoms with Gasteiger partial charge in [0.05, 0.1) is 30.2 Å². The fourth-order valence-corrected chi connectivity index (χ4v) is 3.45. The maximum atomic E-state index is 12.9. The van der Waals surface area contributed by atoms with Crippen molar-refractivity contribution < 1.29 is 29.0 Å². The lowest BCUT2D eigenvalue weighted by atomic mass is 9.98. The van der Waals surface area contributed by atoms with E-state index in [-0.39, 0.29) is 34.1 Å². The summed E-state index contributed by atoms with van der Waals surface area (Å²) < 4.78 is 10.8. The number of methoxy groups -OCH3 is 1. The SMILES string of the molecule is COc1ccccc1/C(O)=C1/C(=O)C(=O)N(c2ccccc2O)C1c1ccco1. The lowest BCUT2D eigenvalue weighted by molar-refractivity contribution is -0.132. The number of ether oxygens (including phenoxy) is 1. The number of Topliss-reactive ketones (excluding diaryl/α,β-unsaturated/α-hetero) is 1. The Labute approximate surface area is 166 Å². The van der Waals surface area contributed by atoms with E-state index < -0.39 is 17.7 Å². The van der Waals surface area contributed by atoms with E-state index in [1.54, 1.807) is 48.5 Å². The van der Waals surface area contributed by atoms with Gasteiger partial charge in [0.1, 0.15) is 29.1 Å². The van der Waals surface area contributed by atoms with Gasteiger partial charge in [-0.05, 0) is 36.4 Å². The topological polar surface area (TPSA) is 100 Å². The number of aliphatic hydroxyl groups excluding tert-OH is 1. The van der Waals surface area contributed by atoms with Gasteiger partial charge in [0.2, 0.25) is 0 Å². The predicted octanol–water partition coefficient (Wildman–Crippen LogP) is 3.62. The van der Waals surface area contributed by atoms with Gasteiger partial charge < -0.3 is 19.4 Å². The Morgan fingerprint density at radius 1 is 1.03 bits per heavy atom. The fourth-order valence-electron chi connectivity index (χ4n) is 3.45. The minimum absolute atomic E-state index is 0.134. The minimum atomic E-state index is -1.05. The van der Waals surface area contributed by atoms with E-state index in [1.807, 2.05) is 0 Å². The standard InChI is InChI=1S/C22H17NO6/c1-28-16-10-5-2-7-13(16)20(25)18-19(17-11-6-12-29-17)23(22(27)21(18)26)14-8-3-4-9-15(14)24/h2-12,19,24-25H,1H3/b20-18-. The lowest BCUT2D eigenvalue weighted by Crippen LogP contribution is -2.29. The molecule has 29 heavy (non-hydrogen) atoms. The first kappa shape index (κ1) is 18.4. The third-order valence-electron chi connectivity index (χ3n) is 4.76. The molecular formula is C22H17NO6. The molecule has 0 saturated carbocycles. The number of benzene rings is 2. The van der Waals surface area contributed by atoms with Crippen molar-refractivity contribution >= 4 is 23.1 Å². The second kappa shape index (κ2) is 7.20. The van der Waals surface area contributed by atoms with Crippen molar-refractivity contribution in [1.82, 2.24) is 0 Å². The van der Waals surface area contributed by atoms with Gasteiger partial charge in [-0.15, -0.1) is 0 Å². The molecule has 3 aromatic rings. The average Bonchev–Trinajstić information content (AvgIpc) is 3.35. The molecule has 1 aromatic heterocycles. The molecule has 4 rings (SSSR count). The number of hydrogen-bond donors (Lipinski definition) is 2. The van der Waals surface area contributed by atoms with Crippen LogP contribution in [0.15, 0.2) is 76.9 Å². The van der Waals surface area contributed by atoms with Crippen LogP contribution in [0.1, 0.15) is 17.4 Å². The minimum Gasteiger partial charge on any atom is -0.507 e. The number of amides is 1. The molecule has 146 valence electrons. The van der Waals surface area contributed by atoms with E-state index in [2.05, 4.69) is 0 Å². The Morgan fingerprint density at radius 2 is 1.76 bits per heavy atom. The molecule has 1 saturated heterocycles. The number of phenols is 1. The first-order valence-electron chi connectivity index (χ1n) is 8.80. The summed E-state index contributed by atoms with van der Waals surface area (Å²) in [6.45, 7) is 0. The molecule has 0 bridgehead atoms. The summed E-state index contributed by atoms with van der Waals surface area (Å²) in [5.41, 5.74) is 0.245. The van der Waals surface area contributed by atoms with Crippen LogP contribution in [0.25, 0.3) is 5.76 Å². The molecule has 2 heterocycles. The Morgan fingerprint density at radius 3 is 2.45 bits per heavy atom. The van der Waals surface area contributed by atoms with Gasteiger partial charge in [0, 0.05) is 0 Å². The molecule has 7 nitrogen and oxygen atoms in total. The third kappa shape index (κ3) is 2.93. The summed E-state index contributed by atoms with van der Waals surface area (Å²) in [6, 6.07) is 14.9. The number of furan rings is 1. The summed E-state index contributed by atoms with van der Waals surface area (Å²) in [6.07, 6.45) is 1.41. The van der Waals surface area contributed by atoms with E-state index in [9.17, 15) is 19.8 Å². The Hall–Kier alpha value is -4.00. The normalized spacial score (nSPS) is 18.2. The molecule has 1 unspecified atom stereocenters. The van der Waals surface area contributed by atoms with Gasteiger partial charge in [-0.1, -0.05) is 24.3 Å². The van der Waals surface area contributed by atoms with Crippen molar-refractivity contribution in [3.05, 3.63) is 83.8 Å². The number of rotatable bonds is 4. The van der Waals surface area contributed by atoms with Gasteiger partial charge in [-0.25, -0.2) is 0 Å². The highest BCUT2D eigenvalue weighted by Crippen LogP contribution is 2.45. The summed E-state index contributed by atoms with van der Waals surface area (Å²) >= 11 is 0. The first-order chi connectivity index (χ1) is 14.0. The number of aromatic hydroxyl groups is 1. The Bertz CT molecular complexity index is 1120. The summed E-state index contributed by atoms with van der Waals surface area (Å²) in [5.74, 6) is -1.73. The number of carbonyl (C=O) groups is 2. The van der Waals surface area contributed by atoms with Gasteiger partial charge in [0.25, 0.3) is 11.7 Å². The molecule has 0 spiro atoms. The van der Waals surface area contributed by atoms with Gasteiger partial charge in [-0.3, -0.25) is 14.5 Å². The number of phenolic OH excluding ortho intramolecular Hbond substituents is 1. The summed E-state index contributed by atoms with van der Waals surface area (Å²) in [4.78, 5) is 27.0. The van der Waals surface area contributed by atoms with Crippen LogP contribution in [-0.2, 0) is 9.59 Å². The smallest absolute Gasteiger partial charge is 0.300 e. The quantitative estimate of drug-likeness (QED) is 0.400.